The molecule has 3 nitrogen and oxygen atoms in total. The van der Waals surface area contributed by atoms with Crippen molar-refractivity contribution >= 4 is 0 Å². The lowest BCUT2D eigenvalue weighted by Crippen LogP contribution is -2.20. The minimum Gasteiger partial charge on any atom is -0.324 e. The van der Waals surface area contributed by atoms with Crippen LogP contribution in [0.15, 0.2) is 42.7 Å². The number of nitrogens with one attached hydrogen (secondary N) is 1. The van der Waals surface area contributed by atoms with E-state index in [9.17, 15) is 0 Å². The van der Waals surface area contributed by atoms with E-state index in [2.05, 4.69) is 47.6 Å². The summed E-state index contributed by atoms with van der Waals surface area (Å²) in [6, 6.07) is 11.1. The first-order valence-corrected chi connectivity index (χ1v) is 6.73. The summed E-state index contributed by atoms with van der Waals surface area (Å²) in [4.78, 5) is 4.12. The van der Waals surface area contributed by atoms with Crippen LogP contribution in [0, 0.1) is 6.92 Å². The van der Waals surface area contributed by atoms with Crippen LogP contribution < -0.4 is 11.1 Å². The number of hydrogen-bond acceptors (Lipinski definition) is 3. The molecule has 1 heterocycles. The maximum Gasteiger partial charge on any atom is 0.0344 e. The molecule has 3 N–H and O–H groups in total. The fraction of sp³-hybridized carbons (Fsp3) is 0.312. The van der Waals surface area contributed by atoms with Gasteiger partial charge < -0.3 is 11.1 Å². The van der Waals surface area contributed by atoms with Gasteiger partial charge in [-0.25, -0.2) is 0 Å². The van der Waals surface area contributed by atoms with Crippen molar-refractivity contribution in [3.05, 3.63) is 65.0 Å². The third-order valence-electron chi connectivity index (χ3n) is 3.94. The molecule has 0 amide bonds. The van der Waals surface area contributed by atoms with Gasteiger partial charge in [0.2, 0.25) is 0 Å². The number of aryl methyl sites for hydroxylation is 1. The van der Waals surface area contributed by atoms with Crippen LogP contribution in [0.1, 0.15) is 40.8 Å². The quantitative estimate of drug-likeness (QED) is 0.884. The minimum atomic E-state index is 0.159. The van der Waals surface area contributed by atoms with Gasteiger partial charge in [-0.2, -0.15) is 0 Å². The van der Waals surface area contributed by atoms with Crippen LogP contribution in [0.25, 0.3) is 0 Å². The molecule has 2 atom stereocenters. The van der Waals surface area contributed by atoms with Gasteiger partial charge in [0, 0.05) is 31.0 Å². The Hall–Kier alpha value is -1.71. The maximum atomic E-state index is 6.19. The first-order chi connectivity index (χ1) is 9.25. The Labute approximate surface area is 113 Å². The molecule has 0 fully saturated rings. The fourth-order valence-corrected chi connectivity index (χ4v) is 2.80. The second-order valence-corrected chi connectivity index (χ2v) is 5.21. The fourth-order valence-electron chi connectivity index (χ4n) is 2.80. The van der Waals surface area contributed by atoms with Crippen molar-refractivity contribution in [2.75, 3.05) is 0 Å². The lowest BCUT2D eigenvalue weighted by atomic mass is 10.1. The lowest BCUT2D eigenvalue weighted by Gasteiger charge is -2.15. The Morgan fingerprint density at radius 2 is 2.05 bits per heavy atom. The number of nitrogens with zero attached hydrogens (tertiary/aromatic N) is 1. The van der Waals surface area contributed by atoms with E-state index in [1.807, 2.05) is 12.4 Å². The van der Waals surface area contributed by atoms with Crippen LogP contribution in [-0.2, 0) is 6.54 Å². The van der Waals surface area contributed by atoms with Crippen molar-refractivity contribution in [3.8, 4) is 0 Å². The van der Waals surface area contributed by atoms with Crippen LogP contribution in [-0.4, -0.2) is 4.98 Å². The smallest absolute Gasteiger partial charge is 0.0344 e. The van der Waals surface area contributed by atoms with E-state index in [0.29, 0.717) is 6.04 Å². The Kier molecular flexibility index (Phi) is 3.32. The number of pyridine rings is 1. The Morgan fingerprint density at radius 1 is 1.26 bits per heavy atom. The van der Waals surface area contributed by atoms with E-state index in [0.717, 1.165) is 13.0 Å². The molecule has 2 unspecified atom stereocenters. The van der Waals surface area contributed by atoms with Crippen molar-refractivity contribution in [2.45, 2.75) is 32.0 Å². The molecule has 3 heteroatoms. The van der Waals surface area contributed by atoms with Gasteiger partial charge in [-0.1, -0.05) is 24.3 Å². The highest BCUT2D eigenvalue weighted by Crippen LogP contribution is 2.37. The molecule has 0 aliphatic heterocycles. The number of aromatic nitrogens is 1. The number of rotatable bonds is 3. The van der Waals surface area contributed by atoms with Crippen molar-refractivity contribution in [1.29, 1.82) is 0 Å². The molecule has 2 aromatic rings. The van der Waals surface area contributed by atoms with Crippen molar-refractivity contribution in [3.63, 3.8) is 0 Å². The van der Waals surface area contributed by atoms with Crippen LogP contribution in [0.5, 0.6) is 0 Å². The average Bonchev–Trinajstić information content (AvgIpc) is 2.75. The van der Waals surface area contributed by atoms with Gasteiger partial charge in [0.25, 0.3) is 0 Å². The zero-order valence-corrected chi connectivity index (χ0v) is 11.1. The summed E-state index contributed by atoms with van der Waals surface area (Å²) in [5.74, 6) is 0. The van der Waals surface area contributed by atoms with E-state index >= 15 is 0 Å². The van der Waals surface area contributed by atoms with Crippen LogP contribution >= 0.6 is 0 Å². The van der Waals surface area contributed by atoms with E-state index in [4.69, 9.17) is 5.73 Å². The first-order valence-electron chi connectivity index (χ1n) is 6.73. The molecule has 3 rings (SSSR count). The van der Waals surface area contributed by atoms with Crippen LogP contribution in [0.2, 0.25) is 0 Å². The number of hydrogen-bond donors (Lipinski definition) is 2. The molecule has 0 radical (unpaired) electrons. The molecule has 0 bridgehead atoms. The molecule has 1 aromatic heterocycles. The first kappa shape index (κ1) is 12.3. The predicted octanol–water partition coefficient (Wildman–Crippen LogP) is 2.62. The molecule has 1 aromatic carbocycles. The molecule has 1 aliphatic rings. The lowest BCUT2D eigenvalue weighted by molar-refractivity contribution is 0.498. The summed E-state index contributed by atoms with van der Waals surface area (Å²) in [7, 11) is 0. The molecule has 19 heavy (non-hydrogen) atoms. The summed E-state index contributed by atoms with van der Waals surface area (Å²) in [6.45, 7) is 2.96. The van der Waals surface area contributed by atoms with Gasteiger partial charge in [0.05, 0.1) is 0 Å². The van der Waals surface area contributed by atoms with E-state index in [-0.39, 0.29) is 6.04 Å². The zero-order chi connectivity index (χ0) is 13.2. The van der Waals surface area contributed by atoms with Gasteiger partial charge in [-0.3, -0.25) is 4.98 Å². The Balaban J connectivity index is 1.74. The predicted molar refractivity (Wildman–Crippen MR) is 76.5 cm³/mol. The zero-order valence-electron chi connectivity index (χ0n) is 11.1. The van der Waals surface area contributed by atoms with Gasteiger partial charge in [0.1, 0.15) is 0 Å². The largest absolute Gasteiger partial charge is 0.324 e. The number of benzene rings is 1. The summed E-state index contributed by atoms with van der Waals surface area (Å²) in [6.07, 6.45) is 4.73. The van der Waals surface area contributed by atoms with E-state index < -0.39 is 0 Å². The highest BCUT2D eigenvalue weighted by Gasteiger charge is 2.27. The second kappa shape index (κ2) is 5.11. The topological polar surface area (TPSA) is 50.9 Å². The van der Waals surface area contributed by atoms with E-state index in [1.54, 1.807) is 0 Å². The third kappa shape index (κ3) is 2.39. The highest BCUT2D eigenvalue weighted by molar-refractivity contribution is 5.37. The molecule has 0 saturated heterocycles. The summed E-state index contributed by atoms with van der Waals surface area (Å²) < 4.78 is 0. The van der Waals surface area contributed by atoms with Crippen molar-refractivity contribution in [2.24, 2.45) is 5.73 Å². The van der Waals surface area contributed by atoms with Gasteiger partial charge in [-0.15, -0.1) is 0 Å². The van der Waals surface area contributed by atoms with Gasteiger partial charge >= 0.3 is 0 Å². The molecule has 1 aliphatic carbocycles. The molecular weight excluding hydrogens is 234 g/mol. The molecular formula is C16H19N3. The van der Waals surface area contributed by atoms with Crippen molar-refractivity contribution in [1.82, 2.24) is 10.3 Å². The normalized spacial score (nSPS) is 21.4. The highest BCUT2D eigenvalue weighted by atomic mass is 14.9. The number of fused-ring (bicyclic) bond motifs is 1. The molecule has 0 saturated carbocycles. The Bertz CT molecular complexity index is 580. The molecule has 0 spiro atoms. The summed E-state index contributed by atoms with van der Waals surface area (Å²) >= 11 is 0. The van der Waals surface area contributed by atoms with E-state index in [1.165, 1.54) is 22.3 Å². The summed E-state index contributed by atoms with van der Waals surface area (Å²) in [5, 5.41) is 3.62. The molecule has 98 valence electrons. The van der Waals surface area contributed by atoms with Crippen molar-refractivity contribution < 1.29 is 0 Å². The van der Waals surface area contributed by atoms with Crippen LogP contribution in [0.4, 0.5) is 0 Å². The average molecular weight is 253 g/mol. The summed E-state index contributed by atoms with van der Waals surface area (Å²) in [5.41, 5.74) is 11.3. The second-order valence-electron chi connectivity index (χ2n) is 5.21. The minimum absolute atomic E-state index is 0.159. The monoisotopic (exact) mass is 253 g/mol. The van der Waals surface area contributed by atoms with Gasteiger partial charge in [0.15, 0.2) is 0 Å². The standard InChI is InChI=1S/C16H19N3/c1-11-9-18-7-6-12(11)10-19-16-8-15(17)13-4-2-3-5-14(13)16/h2-7,9,15-16,19H,8,10,17H2,1H3. The number of nitrogens with two attached hydrogens (primary N) is 1. The third-order valence-corrected chi connectivity index (χ3v) is 3.94. The Morgan fingerprint density at radius 3 is 2.84 bits per heavy atom. The van der Waals surface area contributed by atoms with Gasteiger partial charge in [-0.05, 0) is 41.7 Å². The van der Waals surface area contributed by atoms with Crippen LogP contribution in [0.3, 0.4) is 0 Å². The SMILES string of the molecule is Cc1cnccc1CNC1CC(N)c2ccccc21. The maximum absolute atomic E-state index is 6.19.